The van der Waals surface area contributed by atoms with Gasteiger partial charge in [0, 0.05) is 23.6 Å². The van der Waals surface area contributed by atoms with E-state index in [-0.39, 0.29) is 6.04 Å². The normalized spacial score (nSPS) is 16.8. The van der Waals surface area contributed by atoms with Gasteiger partial charge in [-0.1, -0.05) is 18.6 Å². The summed E-state index contributed by atoms with van der Waals surface area (Å²) >= 11 is 0. The number of benzene rings is 1. The summed E-state index contributed by atoms with van der Waals surface area (Å²) < 4.78 is 0. The van der Waals surface area contributed by atoms with Crippen LogP contribution >= 0.6 is 0 Å². The Morgan fingerprint density at radius 3 is 2.84 bits per heavy atom. The summed E-state index contributed by atoms with van der Waals surface area (Å²) in [5.41, 5.74) is 4.69. The number of nitriles is 1. The molecule has 1 saturated heterocycles. The van der Waals surface area contributed by atoms with Crippen molar-refractivity contribution < 1.29 is 0 Å². The molecule has 7 nitrogen and oxygen atoms in total. The fourth-order valence-electron chi connectivity index (χ4n) is 4.28. The van der Waals surface area contributed by atoms with Crippen molar-refractivity contribution in [3.05, 3.63) is 78.1 Å². The third-order valence-electron chi connectivity index (χ3n) is 5.84. The molecule has 1 fully saturated rings. The van der Waals surface area contributed by atoms with Crippen molar-refractivity contribution in [2.75, 3.05) is 11.9 Å². The zero-order valence-electron chi connectivity index (χ0n) is 17.1. The van der Waals surface area contributed by atoms with Gasteiger partial charge in [0.15, 0.2) is 0 Å². The quantitative estimate of drug-likeness (QED) is 0.496. The van der Waals surface area contributed by atoms with E-state index in [2.05, 4.69) is 49.4 Å². The molecule has 1 aromatic carbocycles. The number of hydrogen-bond donors (Lipinski definition) is 2. The molecule has 0 bridgehead atoms. The number of pyridine rings is 1. The van der Waals surface area contributed by atoms with Crippen LogP contribution in [0.3, 0.4) is 0 Å². The molecule has 0 spiro atoms. The highest BCUT2D eigenvalue weighted by molar-refractivity contribution is 5.82. The minimum absolute atomic E-state index is 0.265. The Labute approximate surface area is 180 Å². The molecule has 5 rings (SSSR count). The predicted octanol–water partition coefficient (Wildman–Crippen LogP) is 4.70. The maximum atomic E-state index is 8.87. The number of nitrogens with one attached hydrogen (secondary N) is 2. The highest BCUT2D eigenvalue weighted by Gasteiger charge is 2.26. The molecule has 1 atom stereocenters. The van der Waals surface area contributed by atoms with Crippen molar-refractivity contribution in [3.63, 3.8) is 0 Å². The summed E-state index contributed by atoms with van der Waals surface area (Å²) in [4.78, 5) is 19.2. The number of nitrogens with zero attached hydrogens (tertiary/aromatic N) is 5. The van der Waals surface area contributed by atoms with E-state index in [9.17, 15) is 0 Å². The number of H-pyrrole nitrogens is 1. The van der Waals surface area contributed by atoms with Crippen molar-refractivity contribution in [1.29, 1.82) is 5.26 Å². The Morgan fingerprint density at radius 2 is 2.03 bits per heavy atom. The van der Waals surface area contributed by atoms with Crippen LogP contribution in [0.15, 0.2) is 61.2 Å². The first kappa shape index (κ1) is 19.2. The van der Waals surface area contributed by atoms with Gasteiger partial charge in [0.05, 0.1) is 36.0 Å². The van der Waals surface area contributed by atoms with Crippen LogP contribution in [-0.2, 0) is 6.54 Å². The van der Waals surface area contributed by atoms with Gasteiger partial charge in [-0.2, -0.15) is 5.26 Å². The Kier molecular flexibility index (Phi) is 5.29. The molecule has 0 amide bonds. The zero-order chi connectivity index (χ0) is 21.0. The minimum Gasteiger partial charge on any atom is -0.361 e. The first-order chi connectivity index (χ1) is 15.3. The molecule has 4 aromatic rings. The topological polar surface area (TPSA) is 93.5 Å². The first-order valence-corrected chi connectivity index (χ1v) is 10.5. The summed E-state index contributed by atoms with van der Waals surface area (Å²) in [5, 5.41) is 13.3. The smallest absolute Gasteiger partial charge is 0.148 e. The van der Waals surface area contributed by atoms with E-state index in [0.717, 1.165) is 30.9 Å². The third kappa shape index (κ3) is 4.11. The summed E-state index contributed by atoms with van der Waals surface area (Å²) in [6.07, 6.45) is 10.8. The van der Waals surface area contributed by atoms with Gasteiger partial charge in [-0.05, 0) is 49.2 Å². The molecule has 4 heterocycles. The van der Waals surface area contributed by atoms with Crippen molar-refractivity contribution in [2.24, 2.45) is 0 Å². The second kappa shape index (κ2) is 8.54. The van der Waals surface area contributed by atoms with Crippen LogP contribution in [0.5, 0.6) is 0 Å². The van der Waals surface area contributed by atoms with Gasteiger partial charge < -0.3 is 10.3 Å². The second-order valence-corrected chi connectivity index (χ2v) is 7.83. The molecule has 0 unspecified atom stereocenters. The van der Waals surface area contributed by atoms with Gasteiger partial charge in [0.25, 0.3) is 0 Å². The highest BCUT2D eigenvalue weighted by atomic mass is 15.2. The van der Waals surface area contributed by atoms with Gasteiger partial charge in [0.1, 0.15) is 17.6 Å². The molecule has 0 saturated carbocycles. The molecule has 0 aliphatic carbocycles. The van der Waals surface area contributed by atoms with E-state index >= 15 is 0 Å². The maximum Gasteiger partial charge on any atom is 0.148 e. The first-order valence-electron chi connectivity index (χ1n) is 10.5. The molecule has 3 aromatic heterocycles. The van der Waals surface area contributed by atoms with E-state index < -0.39 is 0 Å². The lowest BCUT2D eigenvalue weighted by Crippen LogP contribution is -2.33. The lowest BCUT2D eigenvalue weighted by Gasteiger charge is -2.35. The number of fused-ring (bicyclic) bond motifs is 1. The molecular weight excluding hydrogens is 386 g/mol. The summed E-state index contributed by atoms with van der Waals surface area (Å²) in [6, 6.07) is 14.4. The summed E-state index contributed by atoms with van der Waals surface area (Å²) in [5.74, 6) is 0.662. The van der Waals surface area contributed by atoms with Crippen LogP contribution in [0, 0.1) is 11.3 Å². The van der Waals surface area contributed by atoms with Crippen LogP contribution < -0.4 is 5.32 Å². The fraction of sp³-hybridized carbons (Fsp3) is 0.250. The average molecular weight is 409 g/mol. The van der Waals surface area contributed by atoms with E-state index in [4.69, 9.17) is 10.2 Å². The number of anilines is 2. The Hall–Kier alpha value is -3.76. The Morgan fingerprint density at radius 1 is 1.06 bits per heavy atom. The Balaban J connectivity index is 1.32. The van der Waals surface area contributed by atoms with Crippen LogP contribution in [0.2, 0.25) is 0 Å². The van der Waals surface area contributed by atoms with E-state index in [1.807, 2.05) is 24.5 Å². The fourth-order valence-corrected chi connectivity index (χ4v) is 4.28. The van der Waals surface area contributed by atoms with Crippen LogP contribution in [-0.4, -0.2) is 31.4 Å². The SMILES string of the molecule is N#Cc1ccc(Nc2cnc([C@H]3CCCCN3Cc3cccc4[nH]ccc34)cn2)cn1. The van der Waals surface area contributed by atoms with E-state index in [1.54, 1.807) is 18.5 Å². The van der Waals surface area contributed by atoms with Crippen LogP contribution in [0.1, 0.15) is 42.3 Å². The molecule has 1 aliphatic heterocycles. The minimum atomic E-state index is 0.265. The lowest BCUT2D eigenvalue weighted by atomic mass is 9.98. The number of hydrogen-bond acceptors (Lipinski definition) is 6. The van der Waals surface area contributed by atoms with Gasteiger partial charge in [-0.25, -0.2) is 9.97 Å². The van der Waals surface area contributed by atoms with Gasteiger partial charge in [-0.3, -0.25) is 9.88 Å². The van der Waals surface area contributed by atoms with Gasteiger partial charge in [0.2, 0.25) is 0 Å². The number of piperidine rings is 1. The van der Waals surface area contributed by atoms with Crippen molar-refractivity contribution in [3.8, 4) is 6.07 Å². The molecule has 1 aliphatic rings. The van der Waals surface area contributed by atoms with Crippen molar-refractivity contribution in [1.82, 2.24) is 24.8 Å². The number of aromatic nitrogens is 4. The molecule has 154 valence electrons. The largest absolute Gasteiger partial charge is 0.361 e. The van der Waals surface area contributed by atoms with Crippen molar-refractivity contribution in [2.45, 2.75) is 31.8 Å². The molecular formula is C24H23N7. The van der Waals surface area contributed by atoms with Crippen LogP contribution in [0.4, 0.5) is 11.5 Å². The molecule has 31 heavy (non-hydrogen) atoms. The summed E-state index contributed by atoms with van der Waals surface area (Å²) in [6.45, 7) is 1.96. The average Bonchev–Trinajstić information content (AvgIpc) is 3.31. The zero-order valence-corrected chi connectivity index (χ0v) is 17.1. The number of likely N-dealkylation sites (tertiary alicyclic amines) is 1. The second-order valence-electron chi connectivity index (χ2n) is 7.83. The molecule has 0 radical (unpaired) electrons. The monoisotopic (exact) mass is 409 g/mol. The Bertz CT molecular complexity index is 1210. The highest BCUT2D eigenvalue weighted by Crippen LogP contribution is 2.32. The van der Waals surface area contributed by atoms with E-state index in [1.165, 1.54) is 29.3 Å². The van der Waals surface area contributed by atoms with Gasteiger partial charge in [-0.15, -0.1) is 0 Å². The number of aromatic amines is 1. The van der Waals surface area contributed by atoms with Crippen LogP contribution in [0.25, 0.3) is 10.9 Å². The maximum absolute atomic E-state index is 8.87. The third-order valence-corrected chi connectivity index (χ3v) is 5.84. The molecule has 7 heteroatoms. The lowest BCUT2D eigenvalue weighted by molar-refractivity contribution is 0.137. The standard InChI is InChI=1S/C24H23N7/c25-12-18-7-8-19(13-27-18)30-24-15-28-22(14-29-24)23-6-1-2-11-31(23)16-17-4-3-5-21-20(17)9-10-26-21/h3-5,7-10,13-15,23,26H,1-2,6,11,16H2,(H,29,30)/t23-/m1/s1. The molecule has 2 N–H and O–H groups in total. The van der Waals surface area contributed by atoms with Gasteiger partial charge >= 0.3 is 0 Å². The number of rotatable bonds is 5. The van der Waals surface area contributed by atoms with Crippen molar-refractivity contribution >= 4 is 22.4 Å². The predicted molar refractivity (Wildman–Crippen MR) is 120 cm³/mol. The van der Waals surface area contributed by atoms with E-state index in [0.29, 0.717) is 11.5 Å². The summed E-state index contributed by atoms with van der Waals surface area (Å²) in [7, 11) is 0.